The molecule has 2 rings (SSSR count). The average Bonchev–Trinajstić information content (AvgIpc) is 2.62. The van der Waals surface area contributed by atoms with Crippen LogP contribution in [0.5, 0.6) is 0 Å². The fourth-order valence-corrected chi connectivity index (χ4v) is 2.02. The van der Waals surface area contributed by atoms with Crippen LogP contribution in [0.4, 0.5) is 0 Å². The molecule has 4 heteroatoms. The molecule has 13 heavy (non-hydrogen) atoms. The van der Waals surface area contributed by atoms with E-state index in [1.54, 1.807) is 0 Å². The lowest BCUT2D eigenvalue weighted by atomic mass is 9.99. The molecular formula is C9H16N2O2. The fourth-order valence-electron chi connectivity index (χ4n) is 2.02. The van der Waals surface area contributed by atoms with Gasteiger partial charge in [0, 0.05) is 5.92 Å². The Bertz CT molecular complexity index is 220. The van der Waals surface area contributed by atoms with Crippen LogP contribution in [-0.2, 0) is 9.53 Å². The SMILES string of the molecule is CC1OCC(N2CNCC2=O)C1C. The van der Waals surface area contributed by atoms with Gasteiger partial charge in [-0.15, -0.1) is 0 Å². The molecule has 2 aliphatic rings. The molecule has 0 aromatic carbocycles. The van der Waals surface area contributed by atoms with Crippen LogP contribution in [0.2, 0.25) is 0 Å². The molecular weight excluding hydrogens is 168 g/mol. The second-order valence-electron chi connectivity index (χ2n) is 3.91. The lowest BCUT2D eigenvalue weighted by molar-refractivity contribution is -0.129. The maximum absolute atomic E-state index is 11.4. The predicted octanol–water partition coefficient (Wildman–Crippen LogP) is -0.201. The molecule has 2 saturated heterocycles. The maximum atomic E-state index is 11.4. The zero-order valence-corrected chi connectivity index (χ0v) is 8.12. The molecule has 0 aromatic rings. The summed E-state index contributed by atoms with van der Waals surface area (Å²) in [7, 11) is 0. The van der Waals surface area contributed by atoms with Crippen molar-refractivity contribution in [3.63, 3.8) is 0 Å². The molecule has 0 aliphatic carbocycles. The molecule has 1 amide bonds. The second-order valence-corrected chi connectivity index (χ2v) is 3.91. The minimum atomic E-state index is 0.203. The van der Waals surface area contributed by atoms with Gasteiger partial charge in [0.2, 0.25) is 5.91 Å². The van der Waals surface area contributed by atoms with Crippen LogP contribution in [0.15, 0.2) is 0 Å². The third-order valence-electron chi connectivity index (χ3n) is 3.16. The minimum Gasteiger partial charge on any atom is -0.376 e. The largest absolute Gasteiger partial charge is 0.376 e. The van der Waals surface area contributed by atoms with Crippen molar-refractivity contribution in [1.82, 2.24) is 10.2 Å². The molecule has 74 valence electrons. The number of rotatable bonds is 1. The highest BCUT2D eigenvalue weighted by Gasteiger charge is 2.38. The van der Waals surface area contributed by atoms with E-state index in [0.29, 0.717) is 25.7 Å². The summed E-state index contributed by atoms with van der Waals surface area (Å²) in [5.74, 6) is 0.651. The van der Waals surface area contributed by atoms with E-state index in [2.05, 4.69) is 19.2 Å². The zero-order chi connectivity index (χ0) is 9.42. The Morgan fingerprint density at radius 2 is 2.31 bits per heavy atom. The second kappa shape index (κ2) is 3.27. The number of carbonyl (C=O) groups excluding carboxylic acids is 1. The maximum Gasteiger partial charge on any atom is 0.237 e. The molecule has 2 heterocycles. The van der Waals surface area contributed by atoms with E-state index in [4.69, 9.17) is 4.74 Å². The summed E-state index contributed by atoms with van der Waals surface area (Å²) in [5, 5.41) is 3.06. The van der Waals surface area contributed by atoms with Gasteiger partial charge in [0.15, 0.2) is 0 Å². The first kappa shape index (κ1) is 8.97. The number of amides is 1. The molecule has 2 fully saturated rings. The smallest absolute Gasteiger partial charge is 0.237 e. The lowest BCUT2D eigenvalue weighted by Crippen LogP contribution is -2.41. The highest BCUT2D eigenvalue weighted by atomic mass is 16.5. The molecule has 3 unspecified atom stereocenters. The minimum absolute atomic E-state index is 0.203. The molecule has 0 aromatic heterocycles. The van der Waals surface area contributed by atoms with Gasteiger partial charge in [-0.05, 0) is 6.92 Å². The number of ether oxygens (including phenoxy) is 1. The highest BCUT2D eigenvalue weighted by molar-refractivity contribution is 5.80. The summed E-state index contributed by atoms with van der Waals surface area (Å²) in [6.07, 6.45) is 0.276. The zero-order valence-electron chi connectivity index (χ0n) is 8.12. The molecule has 0 spiro atoms. The van der Waals surface area contributed by atoms with Gasteiger partial charge < -0.3 is 9.64 Å². The summed E-state index contributed by atoms with van der Waals surface area (Å²) >= 11 is 0. The van der Waals surface area contributed by atoms with Gasteiger partial charge in [0.1, 0.15) is 0 Å². The number of hydrogen-bond acceptors (Lipinski definition) is 3. The summed E-state index contributed by atoms with van der Waals surface area (Å²) in [6.45, 7) is 6.07. The van der Waals surface area contributed by atoms with E-state index in [9.17, 15) is 4.79 Å². The Morgan fingerprint density at radius 1 is 1.54 bits per heavy atom. The number of nitrogens with one attached hydrogen (secondary N) is 1. The summed E-state index contributed by atoms with van der Waals surface area (Å²) in [4.78, 5) is 13.3. The summed E-state index contributed by atoms with van der Waals surface area (Å²) < 4.78 is 5.52. The van der Waals surface area contributed by atoms with Crippen LogP contribution >= 0.6 is 0 Å². The van der Waals surface area contributed by atoms with Gasteiger partial charge >= 0.3 is 0 Å². The predicted molar refractivity (Wildman–Crippen MR) is 48.1 cm³/mol. The van der Waals surface area contributed by atoms with Gasteiger partial charge in [-0.2, -0.15) is 0 Å². The van der Waals surface area contributed by atoms with E-state index in [0.717, 1.165) is 0 Å². The molecule has 4 nitrogen and oxygen atoms in total. The van der Waals surface area contributed by atoms with E-state index in [1.165, 1.54) is 0 Å². The van der Waals surface area contributed by atoms with Crippen molar-refractivity contribution in [1.29, 1.82) is 0 Å². The van der Waals surface area contributed by atoms with Gasteiger partial charge in [-0.25, -0.2) is 0 Å². The average molecular weight is 184 g/mol. The van der Waals surface area contributed by atoms with E-state index in [-0.39, 0.29) is 18.1 Å². The first-order valence-corrected chi connectivity index (χ1v) is 4.82. The Balaban J connectivity index is 2.04. The topological polar surface area (TPSA) is 41.6 Å². The third kappa shape index (κ3) is 1.44. The van der Waals surface area contributed by atoms with Crippen LogP contribution in [0.3, 0.4) is 0 Å². The monoisotopic (exact) mass is 184 g/mol. The number of carbonyl (C=O) groups is 1. The van der Waals surface area contributed by atoms with Crippen molar-refractivity contribution in [3.05, 3.63) is 0 Å². The van der Waals surface area contributed by atoms with Gasteiger partial charge in [-0.3, -0.25) is 10.1 Å². The van der Waals surface area contributed by atoms with Crippen LogP contribution < -0.4 is 5.32 Å². The van der Waals surface area contributed by atoms with Gasteiger partial charge in [-0.1, -0.05) is 6.92 Å². The van der Waals surface area contributed by atoms with Crippen molar-refractivity contribution in [3.8, 4) is 0 Å². The van der Waals surface area contributed by atoms with Gasteiger partial charge in [0.25, 0.3) is 0 Å². The first-order valence-electron chi connectivity index (χ1n) is 4.82. The Labute approximate surface area is 78.2 Å². The van der Waals surface area contributed by atoms with Crippen LogP contribution in [0.1, 0.15) is 13.8 Å². The molecule has 2 aliphatic heterocycles. The van der Waals surface area contributed by atoms with Crippen molar-refractivity contribution >= 4 is 5.91 Å². The van der Waals surface area contributed by atoms with Crippen molar-refractivity contribution in [2.45, 2.75) is 26.0 Å². The number of nitrogens with zero attached hydrogens (tertiary/aromatic N) is 1. The van der Waals surface area contributed by atoms with Crippen LogP contribution in [0, 0.1) is 5.92 Å². The Hall–Kier alpha value is -0.610. The lowest BCUT2D eigenvalue weighted by Gasteiger charge is -2.25. The van der Waals surface area contributed by atoms with Crippen molar-refractivity contribution in [2.24, 2.45) is 5.92 Å². The van der Waals surface area contributed by atoms with Crippen molar-refractivity contribution in [2.75, 3.05) is 19.8 Å². The highest BCUT2D eigenvalue weighted by Crippen LogP contribution is 2.25. The summed E-state index contributed by atoms with van der Waals surface area (Å²) in [6, 6.07) is 0.275. The first-order chi connectivity index (χ1) is 6.20. The third-order valence-corrected chi connectivity index (χ3v) is 3.16. The van der Waals surface area contributed by atoms with E-state index < -0.39 is 0 Å². The van der Waals surface area contributed by atoms with Crippen LogP contribution in [0.25, 0.3) is 0 Å². The Kier molecular flexibility index (Phi) is 2.26. The van der Waals surface area contributed by atoms with Gasteiger partial charge in [0.05, 0.1) is 32.0 Å². The van der Waals surface area contributed by atoms with E-state index in [1.807, 2.05) is 4.90 Å². The molecule has 1 N–H and O–H groups in total. The standard InChI is InChI=1S/C9H16N2O2/c1-6-7(2)13-4-8(6)11-5-10-3-9(11)12/h6-8,10H,3-5H2,1-2H3. The van der Waals surface area contributed by atoms with Crippen LogP contribution in [-0.4, -0.2) is 42.8 Å². The molecule has 0 radical (unpaired) electrons. The normalized spacial score (nSPS) is 40.3. The van der Waals surface area contributed by atoms with E-state index >= 15 is 0 Å². The summed E-state index contributed by atoms with van der Waals surface area (Å²) in [5.41, 5.74) is 0. The quantitative estimate of drug-likeness (QED) is 0.613. The fraction of sp³-hybridized carbons (Fsp3) is 0.889. The molecule has 0 bridgehead atoms. The Morgan fingerprint density at radius 3 is 2.77 bits per heavy atom. The molecule has 3 atom stereocenters. The number of hydrogen-bond donors (Lipinski definition) is 1. The molecule has 0 saturated carbocycles. The van der Waals surface area contributed by atoms with Crippen molar-refractivity contribution < 1.29 is 9.53 Å².